The Labute approximate surface area is 132 Å². The van der Waals surface area contributed by atoms with Crippen LogP contribution in [-0.4, -0.2) is 19.1 Å². The number of ether oxygens (including phenoxy) is 2. The van der Waals surface area contributed by atoms with Crippen LogP contribution in [0.25, 0.3) is 0 Å². The lowest BCUT2D eigenvalue weighted by atomic mass is 10.3. The maximum Gasteiger partial charge on any atom is 0.262 e. The molecule has 0 bridgehead atoms. The molecule has 1 N–H and O–H groups in total. The van der Waals surface area contributed by atoms with Gasteiger partial charge >= 0.3 is 0 Å². The first kappa shape index (κ1) is 16.1. The van der Waals surface area contributed by atoms with Gasteiger partial charge < -0.3 is 14.8 Å². The van der Waals surface area contributed by atoms with Crippen molar-refractivity contribution in [1.29, 1.82) is 0 Å². The first-order valence-electron chi connectivity index (χ1n) is 6.69. The van der Waals surface area contributed by atoms with E-state index in [0.29, 0.717) is 18.0 Å². The lowest BCUT2D eigenvalue weighted by Gasteiger charge is -2.09. The molecule has 22 heavy (non-hydrogen) atoms. The van der Waals surface area contributed by atoms with E-state index in [1.807, 2.05) is 6.92 Å². The van der Waals surface area contributed by atoms with Gasteiger partial charge in [-0.15, -0.1) is 0 Å². The summed E-state index contributed by atoms with van der Waals surface area (Å²) in [6.07, 6.45) is 0. The van der Waals surface area contributed by atoms with Gasteiger partial charge in [-0.3, -0.25) is 4.79 Å². The molecule has 2 aromatic carbocycles. The number of anilines is 1. The Balaban J connectivity index is 1.85. The van der Waals surface area contributed by atoms with Crippen LogP contribution >= 0.6 is 11.6 Å². The molecule has 0 radical (unpaired) electrons. The largest absolute Gasteiger partial charge is 0.494 e. The summed E-state index contributed by atoms with van der Waals surface area (Å²) in [5.74, 6) is 0.198. The van der Waals surface area contributed by atoms with E-state index in [1.54, 1.807) is 24.3 Å². The van der Waals surface area contributed by atoms with Crippen LogP contribution < -0.4 is 14.8 Å². The molecule has 0 unspecified atom stereocenters. The van der Waals surface area contributed by atoms with Crippen LogP contribution in [0.1, 0.15) is 6.92 Å². The standard InChI is InChI=1S/C16H15ClFNO3/c1-2-21-12-5-3-11(4-6-12)19-16(20)10-22-13-7-8-15(18)14(17)9-13/h3-9H,2,10H2,1H3,(H,19,20). The molecule has 0 aliphatic carbocycles. The fourth-order valence-corrected chi connectivity index (χ4v) is 1.88. The van der Waals surface area contributed by atoms with Crippen molar-refractivity contribution in [1.82, 2.24) is 0 Å². The molecule has 0 fully saturated rings. The van der Waals surface area contributed by atoms with Gasteiger partial charge in [-0.05, 0) is 43.3 Å². The van der Waals surface area contributed by atoms with Crippen LogP contribution in [0.5, 0.6) is 11.5 Å². The van der Waals surface area contributed by atoms with Crippen molar-refractivity contribution in [2.75, 3.05) is 18.5 Å². The van der Waals surface area contributed by atoms with Gasteiger partial charge in [-0.25, -0.2) is 4.39 Å². The minimum atomic E-state index is -0.534. The normalized spacial score (nSPS) is 10.1. The predicted octanol–water partition coefficient (Wildman–Crippen LogP) is 3.90. The second kappa shape index (κ2) is 7.66. The number of halogens is 2. The highest BCUT2D eigenvalue weighted by Crippen LogP contribution is 2.21. The van der Waals surface area contributed by atoms with Crippen LogP contribution in [0, 0.1) is 5.82 Å². The molecule has 0 aromatic heterocycles. The Morgan fingerprint density at radius 2 is 1.82 bits per heavy atom. The quantitative estimate of drug-likeness (QED) is 0.877. The van der Waals surface area contributed by atoms with Gasteiger partial charge in [0.2, 0.25) is 0 Å². The van der Waals surface area contributed by atoms with Crippen molar-refractivity contribution in [3.8, 4) is 11.5 Å². The maximum atomic E-state index is 13.0. The zero-order chi connectivity index (χ0) is 15.9. The van der Waals surface area contributed by atoms with Crippen molar-refractivity contribution >= 4 is 23.2 Å². The van der Waals surface area contributed by atoms with E-state index in [1.165, 1.54) is 18.2 Å². The summed E-state index contributed by atoms with van der Waals surface area (Å²) in [6.45, 7) is 2.28. The van der Waals surface area contributed by atoms with Gasteiger partial charge in [0.25, 0.3) is 5.91 Å². The van der Waals surface area contributed by atoms with Gasteiger partial charge in [0, 0.05) is 11.8 Å². The first-order valence-corrected chi connectivity index (χ1v) is 7.07. The number of amides is 1. The summed E-state index contributed by atoms with van der Waals surface area (Å²) >= 11 is 5.63. The SMILES string of the molecule is CCOc1ccc(NC(=O)COc2ccc(F)c(Cl)c2)cc1. The van der Waals surface area contributed by atoms with E-state index in [2.05, 4.69) is 5.32 Å². The van der Waals surface area contributed by atoms with E-state index in [9.17, 15) is 9.18 Å². The molecule has 4 nitrogen and oxygen atoms in total. The van der Waals surface area contributed by atoms with Gasteiger partial charge in [0.1, 0.15) is 17.3 Å². The van der Waals surface area contributed by atoms with E-state index in [4.69, 9.17) is 21.1 Å². The molecule has 0 aliphatic rings. The van der Waals surface area contributed by atoms with Crippen LogP contribution in [0.3, 0.4) is 0 Å². The number of hydrogen-bond donors (Lipinski definition) is 1. The lowest BCUT2D eigenvalue weighted by molar-refractivity contribution is -0.118. The number of carbonyl (C=O) groups is 1. The van der Waals surface area contributed by atoms with Crippen molar-refractivity contribution in [2.24, 2.45) is 0 Å². The van der Waals surface area contributed by atoms with Gasteiger partial charge in [0.15, 0.2) is 6.61 Å². The summed E-state index contributed by atoms with van der Waals surface area (Å²) in [7, 11) is 0. The lowest BCUT2D eigenvalue weighted by Crippen LogP contribution is -2.20. The summed E-state index contributed by atoms with van der Waals surface area (Å²) in [4.78, 5) is 11.8. The Kier molecular flexibility index (Phi) is 5.61. The molecule has 6 heteroatoms. The summed E-state index contributed by atoms with van der Waals surface area (Å²) < 4.78 is 23.6. The van der Waals surface area contributed by atoms with Gasteiger partial charge in [0.05, 0.1) is 11.6 Å². The predicted molar refractivity (Wildman–Crippen MR) is 83.1 cm³/mol. The highest BCUT2D eigenvalue weighted by atomic mass is 35.5. The second-order valence-corrected chi connectivity index (χ2v) is 4.78. The van der Waals surface area contributed by atoms with Crippen LogP contribution in [-0.2, 0) is 4.79 Å². The molecular formula is C16H15ClFNO3. The molecule has 0 saturated carbocycles. The number of benzene rings is 2. The zero-order valence-corrected chi connectivity index (χ0v) is 12.7. The number of carbonyl (C=O) groups excluding carboxylic acids is 1. The molecule has 0 spiro atoms. The Morgan fingerprint density at radius 3 is 2.45 bits per heavy atom. The molecule has 2 rings (SSSR count). The fourth-order valence-electron chi connectivity index (χ4n) is 1.71. The fraction of sp³-hybridized carbons (Fsp3) is 0.188. The third-order valence-corrected chi connectivity index (χ3v) is 3.00. The molecule has 0 atom stereocenters. The van der Waals surface area contributed by atoms with E-state index in [-0.39, 0.29) is 17.5 Å². The summed E-state index contributed by atoms with van der Waals surface area (Å²) in [5, 5.41) is 2.63. The van der Waals surface area contributed by atoms with Crippen LogP contribution in [0.2, 0.25) is 5.02 Å². The molecule has 1 amide bonds. The average Bonchev–Trinajstić information content (AvgIpc) is 2.51. The minimum Gasteiger partial charge on any atom is -0.494 e. The molecule has 0 heterocycles. The smallest absolute Gasteiger partial charge is 0.262 e. The monoisotopic (exact) mass is 323 g/mol. The number of hydrogen-bond acceptors (Lipinski definition) is 3. The van der Waals surface area contributed by atoms with Crippen LogP contribution in [0.4, 0.5) is 10.1 Å². The average molecular weight is 324 g/mol. The van der Waals surface area contributed by atoms with Gasteiger partial charge in [-0.2, -0.15) is 0 Å². The summed E-state index contributed by atoms with van der Waals surface area (Å²) in [6, 6.07) is 10.9. The third kappa shape index (κ3) is 4.63. The first-order chi connectivity index (χ1) is 10.6. The van der Waals surface area contributed by atoms with E-state index >= 15 is 0 Å². The highest BCUT2D eigenvalue weighted by Gasteiger charge is 2.06. The second-order valence-electron chi connectivity index (χ2n) is 4.37. The summed E-state index contributed by atoms with van der Waals surface area (Å²) in [5.41, 5.74) is 0.634. The molecule has 116 valence electrons. The number of nitrogens with one attached hydrogen (secondary N) is 1. The van der Waals surface area contributed by atoms with Crippen molar-refractivity contribution in [3.63, 3.8) is 0 Å². The van der Waals surface area contributed by atoms with E-state index < -0.39 is 5.82 Å². The van der Waals surface area contributed by atoms with E-state index in [0.717, 1.165) is 5.75 Å². The van der Waals surface area contributed by atoms with Crippen molar-refractivity contribution in [2.45, 2.75) is 6.92 Å². The minimum absolute atomic E-state index is 0.0515. The van der Waals surface area contributed by atoms with Crippen molar-refractivity contribution < 1.29 is 18.7 Å². The third-order valence-electron chi connectivity index (χ3n) is 2.71. The molecule has 0 saturated heterocycles. The zero-order valence-electron chi connectivity index (χ0n) is 11.9. The molecule has 2 aromatic rings. The van der Waals surface area contributed by atoms with Crippen LogP contribution in [0.15, 0.2) is 42.5 Å². The Bertz CT molecular complexity index is 646. The van der Waals surface area contributed by atoms with Gasteiger partial charge in [-0.1, -0.05) is 11.6 Å². The Morgan fingerprint density at radius 1 is 1.14 bits per heavy atom. The maximum absolute atomic E-state index is 13.0. The number of rotatable bonds is 6. The molecular weight excluding hydrogens is 309 g/mol. The molecule has 0 aliphatic heterocycles. The van der Waals surface area contributed by atoms with Crippen molar-refractivity contribution in [3.05, 3.63) is 53.3 Å². The topological polar surface area (TPSA) is 47.6 Å². The Hall–Kier alpha value is -2.27. The highest BCUT2D eigenvalue weighted by molar-refractivity contribution is 6.30.